The van der Waals surface area contributed by atoms with Crippen molar-refractivity contribution in [2.75, 3.05) is 5.73 Å². The maximum Gasteiger partial charge on any atom is 0.141 e. The molecule has 2 aromatic carbocycles. The molecule has 3 nitrogen and oxygen atoms in total. The molecule has 4 heteroatoms. The van der Waals surface area contributed by atoms with Gasteiger partial charge in [0, 0.05) is 12.1 Å². The molecule has 3 rings (SSSR count). The fourth-order valence-electron chi connectivity index (χ4n) is 2.54. The number of halogens is 1. The minimum Gasteiger partial charge on any atom is -0.397 e. The van der Waals surface area contributed by atoms with Gasteiger partial charge in [0.15, 0.2) is 0 Å². The third kappa shape index (κ3) is 2.49. The fourth-order valence-corrected chi connectivity index (χ4v) is 2.54. The maximum atomic E-state index is 13.1. The highest BCUT2D eigenvalue weighted by molar-refractivity contribution is 5.90. The Morgan fingerprint density at radius 2 is 1.86 bits per heavy atom. The normalized spacial score (nSPS) is 11.4. The number of nitrogen functional groups attached to an aromatic ring is 1. The molecule has 0 bridgehead atoms. The molecule has 0 saturated heterocycles. The first-order chi connectivity index (χ1) is 10.1. The van der Waals surface area contributed by atoms with Crippen LogP contribution in [0.4, 0.5) is 10.1 Å². The predicted octanol–water partition coefficient (Wildman–Crippen LogP) is 4.08. The van der Waals surface area contributed by atoms with Crippen molar-refractivity contribution in [1.82, 2.24) is 9.55 Å². The Balaban J connectivity index is 2.25. The van der Waals surface area contributed by atoms with Crippen LogP contribution in [0.5, 0.6) is 0 Å². The topological polar surface area (TPSA) is 43.8 Å². The quantitative estimate of drug-likeness (QED) is 0.736. The van der Waals surface area contributed by atoms with E-state index < -0.39 is 0 Å². The molecule has 0 radical (unpaired) electrons. The Labute approximate surface area is 123 Å². The summed E-state index contributed by atoms with van der Waals surface area (Å²) >= 11 is 0. The zero-order chi connectivity index (χ0) is 15.0. The van der Waals surface area contributed by atoms with Gasteiger partial charge in [0.25, 0.3) is 0 Å². The predicted molar refractivity (Wildman–Crippen MR) is 84.4 cm³/mol. The van der Waals surface area contributed by atoms with Crippen molar-refractivity contribution in [2.45, 2.75) is 20.4 Å². The number of fused-ring (bicyclic) bond motifs is 1. The van der Waals surface area contributed by atoms with Crippen molar-refractivity contribution in [3.63, 3.8) is 0 Å². The molecular weight excluding hydrogens is 265 g/mol. The molecule has 21 heavy (non-hydrogen) atoms. The van der Waals surface area contributed by atoms with Gasteiger partial charge in [-0.1, -0.05) is 19.9 Å². The minimum absolute atomic E-state index is 0.246. The Kier molecular flexibility index (Phi) is 3.37. The number of nitrogens with zero attached hydrogens (tertiary/aromatic N) is 2. The average Bonchev–Trinajstić information content (AvgIpc) is 2.80. The van der Waals surface area contributed by atoms with E-state index in [0.717, 1.165) is 29.0 Å². The molecule has 0 aliphatic rings. The van der Waals surface area contributed by atoms with Crippen LogP contribution in [-0.2, 0) is 6.54 Å². The van der Waals surface area contributed by atoms with Crippen LogP contribution in [0.3, 0.4) is 0 Å². The number of para-hydroxylation sites is 1. The average molecular weight is 283 g/mol. The summed E-state index contributed by atoms with van der Waals surface area (Å²) in [7, 11) is 0. The van der Waals surface area contributed by atoms with Gasteiger partial charge in [-0.2, -0.15) is 0 Å². The van der Waals surface area contributed by atoms with Crippen LogP contribution >= 0.6 is 0 Å². The van der Waals surface area contributed by atoms with E-state index in [-0.39, 0.29) is 5.82 Å². The van der Waals surface area contributed by atoms with E-state index in [9.17, 15) is 4.39 Å². The summed E-state index contributed by atoms with van der Waals surface area (Å²) in [5.74, 6) is 1.06. The Morgan fingerprint density at radius 3 is 2.52 bits per heavy atom. The van der Waals surface area contributed by atoms with Crippen molar-refractivity contribution >= 4 is 16.7 Å². The molecule has 108 valence electrons. The van der Waals surface area contributed by atoms with E-state index in [1.54, 1.807) is 12.1 Å². The molecule has 1 heterocycles. The van der Waals surface area contributed by atoms with Gasteiger partial charge < -0.3 is 10.3 Å². The SMILES string of the molecule is CC(C)Cn1c(-c2ccc(F)cc2)nc2c(N)cccc21. The van der Waals surface area contributed by atoms with Crippen LogP contribution in [0, 0.1) is 11.7 Å². The summed E-state index contributed by atoms with van der Waals surface area (Å²) in [6.45, 7) is 5.16. The summed E-state index contributed by atoms with van der Waals surface area (Å²) in [6.07, 6.45) is 0. The highest BCUT2D eigenvalue weighted by Crippen LogP contribution is 2.28. The highest BCUT2D eigenvalue weighted by atomic mass is 19.1. The van der Waals surface area contributed by atoms with Crippen molar-refractivity contribution in [2.24, 2.45) is 5.92 Å². The monoisotopic (exact) mass is 283 g/mol. The Morgan fingerprint density at radius 1 is 1.14 bits per heavy atom. The Hall–Kier alpha value is -2.36. The third-order valence-corrected chi connectivity index (χ3v) is 3.46. The van der Waals surface area contributed by atoms with Crippen molar-refractivity contribution in [3.05, 3.63) is 48.3 Å². The molecule has 0 amide bonds. The number of hydrogen-bond acceptors (Lipinski definition) is 2. The first-order valence-electron chi connectivity index (χ1n) is 7.07. The molecular formula is C17H18FN3. The van der Waals surface area contributed by atoms with E-state index in [1.807, 2.05) is 18.2 Å². The second kappa shape index (κ2) is 5.20. The zero-order valence-electron chi connectivity index (χ0n) is 12.2. The number of hydrogen-bond donors (Lipinski definition) is 1. The number of nitrogens with two attached hydrogens (primary N) is 1. The maximum absolute atomic E-state index is 13.1. The molecule has 2 N–H and O–H groups in total. The van der Waals surface area contributed by atoms with E-state index in [4.69, 9.17) is 5.73 Å². The van der Waals surface area contributed by atoms with Gasteiger partial charge in [-0.15, -0.1) is 0 Å². The van der Waals surface area contributed by atoms with E-state index in [1.165, 1.54) is 12.1 Å². The summed E-state index contributed by atoms with van der Waals surface area (Å²) in [5.41, 5.74) is 9.42. The summed E-state index contributed by atoms with van der Waals surface area (Å²) in [5, 5.41) is 0. The van der Waals surface area contributed by atoms with Crippen LogP contribution < -0.4 is 5.73 Å². The number of aromatic nitrogens is 2. The summed E-state index contributed by atoms with van der Waals surface area (Å²) in [6, 6.07) is 12.2. The van der Waals surface area contributed by atoms with Crippen LogP contribution in [0.25, 0.3) is 22.4 Å². The molecule has 0 aliphatic heterocycles. The van der Waals surface area contributed by atoms with Gasteiger partial charge in [-0.05, 0) is 42.3 Å². The lowest BCUT2D eigenvalue weighted by Crippen LogP contribution is -2.06. The van der Waals surface area contributed by atoms with E-state index in [0.29, 0.717) is 11.6 Å². The van der Waals surface area contributed by atoms with Crippen molar-refractivity contribution in [1.29, 1.82) is 0 Å². The van der Waals surface area contributed by atoms with Crippen LogP contribution in [0.15, 0.2) is 42.5 Å². The van der Waals surface area contributed by atoms with Crippen molar-refractivity contribution in [3.8, 4) is 11.4 Å². The molecule has 0 fully saturated rings. The third-order valence-electron chi connectivity index (χ3n) is 3.46. The second-order valence-corrected chi connectivity index (χ2v) is 5.66. The standard InChI is InChI=1S/C17H18FN3/c1-11(2)10-21-15-5-3-4-14(19)16(15)20-17(21)12-6-8-13(18)9-7-12/h3-9,11H,10,19H2,1-2H3. The molecule has 3 aromatic rings. The van der Waals surface area contributed by atoms with E-state index in [2.05, 4.69) is 23.4 Å². The van der Waals surface area contributed by atoms with Crippen LogP contribution in [-0.4, -0.2) is 9.55 Å². The molecule has 1 aromatic heterocycles. The number of rotatable bonds is 3. The lowest BCUT2D eigenvalue weighted by Gasteiger charge is -2.12. The van der Waals surface area contributed by atoms with Crippen LogP contribution in [0.2, 0.25) is 0 Å². The molecule has 0 saturated carbocycles. The van der Waals surface area contributed by atoms with Gasteiger partial charge in [0.2, 0.25) is 0 Å². The molecule has 0 unspecified atom stereocenters. The first kappa shape index (κ1) is 13.6. The number of benzene rings is 2. The van der Waals surface area contributed by atoms with Crippen molar-refractivity contribution < 1.29 is 4.39 Å². The molecule has 0 atom stereocenters. The van der Waals surface area contributed by atoms with Gasteiger partial charge >= 0.3 is 0 Å². The lowest BCUT2D eigenvalue weighted by molar-refractivity contribution is 0.536. The first-order valence-corrected chi connectivity index (χ1v) is 7.07. The fraction of sp³-hybridized carbons (Fsp3) is 0.235. The number of imidazole rings is 1. The largest absolute Gasteiger partial charge is 0.397 e. The molecule has 0 spiro atoms. The lowest BCUT2D eigenvalue weighted by atomic mass is 10.2. The number of anilines is 1. The highest BCUT2D eigenvalue weighted by Gasteiger charge is 2.15. The Bertz CT molecular complexity index is 773. The second-order valence-electron chi connectivity index (χ2n) is 5.66. The summed E-state index contributed by atoms with van der Waals surface area (Å²) < 4.78 is 15.3. The van der Waals surface area contributed by atoms with Gasteiger partial charge in [0.05, 0.1) is 11.2 Å². The minimum atomic E-state index is -0.246. The molecule has 0 aliphatic carbocycles. The van der Waals surface area contributed by atoms with Gasteiger partial charge in [0.1, 0.15) is 17.2 Å². The van der Waals surface area contributed by atoms with E-state index >= 15 is 0 Å². The van der Waals surface area contributed by atoms with Crippen LogP contribution in [0.1, 0.15) is 13.8 Å². The van der Waals surface area contributed by atoms with Gasteiger partial charge in [-0.25, -0.2) is 9.37 Å². The summed E-state index contributed by atoms with van der Waals surface area (Å²) in [4.78, 5) is 4.68. The smallest absolute Gasteiger partial charge is 0.141 e. The zero-order valence-corrected chi connectivity index (χ0v) is 12.2. The van der Waals surface area contributed by atoms with Gasteiger partial charge in [-0.3, -0.25) is 0 Å².